The van der Waals surface area contributed by atoms with Gasteiger partial charge in [0.15, 0.2) is 5.76 Å². The molecule has 1 aromatic heterocycles. The van der Waals surface area contributed by atoms with E-state index in [1.807, 2.05) is 40.6 Å². The van der Waals surface area contributed by atoms with Crippen molar-refractivity contribution in [2.24, 2.45) is 0 Å². The lowest BCUT2D eigenvalue weighted by Crippen LogP contribution is -2.34. The zero-order chi connectivity index (χ0) is 23.0. The fraction of sp³-hybridized carbons (Fsp3) is 0.440. The molecule has 1 fully saturated rings. The van der Waals surface area contributed by atoms with Crippen LogP contribution in [-0.4, -0.2) is 47.7 Å². The van der Waals surface area contributed by atoms with Gasteiger partial charge in [-0.25, -0.2) is 0 Å². The highest BCUT2D eigenvalue weighted by Gasteiger charge is 2.29. The van der Waals surface area contributed by atoms with Gasteiger partial charge in [0.25, 0.3) is 5.91 Å². The summed E-state index contributed by atoms with van der Waals surface area (Å²) >= 11 is 1.62. The molecule has 2 N–H and O–H groups in total. The monoisotopic (exact) mass is 470 g/mol. The third-order valence-electron chi connectivity index (χ3n) is 5.96. The number of carbonyl (C=O) groups excluding carboxylic acids is 2. The van der Waals surface area contributed by atoms with E-state index in [4.69, 9.17) is 9.47 Å². The van der Waals surface area contributed by atoms with E-state index in [2.05, 4.69) is 16.8 Å². The number of hydrogen-bond donors (Lipinski definition) is 2. The molecule has 0 bridgehead atoms. The number of hydrogen-bond acceptors (Lipinski definition) is 6. The molecule has 2 aromatic rings. The number of likely N-dealkylation sites (tertiary alicyclic amines) is 1. The van der Waals surface area contributed by atoms with Crippen LogP contribution >= 0.6 is 11.3 Å². The Morgan fingerprint density at radius 3 is 2.76 bits per heavy atom. The Hall–Kier alpha value is -2.68. The third-order valence-corrected chi connectivity index (χ3v) is 6.66. The van der Waals surface area contributed by atoms with E-state index in [9.17, 15) is 14.7 Å². The molecule has 0 saturated carbocycles. The van der Waals surface area contributed by atoms with Crippen LogP contribution in [0.25, 0.3) is 0 Å². The van der Waals surface area contributed by atoms with E-state index in [-0.39, 0.29) is 30.1 Å². The predicted octanol–water partition coefficient (Wildman–Crippen LogP) is 3.30. The van der Waals surface area contributed by atoms with Gasteiger partial charge >= 0.3 is 0 Å². The summed E-state index contributed by atoms with van der Waals surface area (Å²) < 4.78 is 11.9. The first kappa shape index (κ1) is 23.5. The molecule has 1 saturated heterocycles. The number of aliphatic hydroxyl groups excluding tert-OH is 1. The molecule has 33 heavy (non-hydrogen) atoms. The lowest BCUT2D eigenvalue weighted by molar-refractivity contribution is -0.150. The van der Waals surface area contributed by atoms with Gasteiger partial charge in [0.05, 0.1) is 13.2 Å². The standard InChI is InChI=1S/C25H30N2O5S/c28-15-18-4-6-19(7-5-18)16-31-24-14-21(20-8-12-33-17-20)13-22(32-24)25(30)26-9-2-11-27-10-1-3-23(27)29/h4-8,12-13,17,21,24,28H,1-3,9-11,14-16H2,(H,26,30). The molecule has 0 spiro atoms. The number of carbonyl (C=O) groups is 2. The van der Waals surface area contributed by atoms with Crippen molar-refractivity contribution in [2.75, 3.05) is 19.6 Å². The summed E-state index contributed by atoms with van der Waals surface area (Å²) in [6.45, 7) is 2.32. The lowest BCUT2D eigenvalue weighted by Gasteiger charge is -2.29. The number of thiophene rings is 1. The van der Waals surface area contributed by atoms with Crippen LogP contribution in [0.2, 0.25) is 0 Å². The van der Waals surface area contributed by atoms with E-state index >= 15 is 0 Å². The SMILES string of the molecule is O=C(NCCCN1CCCC1=O)C1=CC(c2ccsc2)CC(OCc2ccc(CO)cc2)O1. The maximum absolute atomic E-state index is 12.8. The van der Waals surface area contributed by atoms with Gasteiger partial charge in [0.2, 0.25) is 12.2 Å². The Balaban J connectivity index is 1.33. The van der Waals surface area contributed by atoms with Gasteiger partial charge < -0.3 is 24.8 Å². The molecule has 4 rings (SSSR count). The molecule has 3 heterocycles. The molecule has 2 amide bonds. The largest absolute Gasteiger partial charge is 0.459 e. The number of allylic oxidation sites excluding steroid dienone is 1. The second-order valence-electron chi connectivity index (χ2n) is 8.36. The Kier molecular flexibility index (Phi) is 8.15. The molecule has 0 aliphatic carbocycles. The summed E-state index contributed by atoms with van der Waals surface area (Å²) in [5.74, 6) is 0.248. The van der Waals surface area contributed by atoms with Crippen molar-refractivity contribution >= 4 is 23.2 Å². The van der Waals surface area contributed by atoms with Gasteiger partial charge in [-0.3, -0.25) is 9.59 Å². The normalized spacial score (nSPS) is 20.5. The zero-order valence-corrected chi connectivity index (χ0v) is 19.4. The molecule has 7 nitrogen and oxygen atoms in total. The van der Waals surface area contributed by atoms with Gasteiger partial charge in [-0.15, -0.1) is 0 Å². The third kappa shape index (κ3) is 6.43. The molecule has 2 unspecified atom stereocenters. The van der Waals surface area contributed by atoms with Crippen LogP contribution in [-0.2, 0) is 32.3 Å². The maximum Gasteiger partial charge on any atom is 0.286 e. The second kappa shape index (κ2) is 11.4. The van der Waals surface area contributed by atoms with Crippen LogP contribution in [0, 0.1) is 0 Å². The topological polar surface area (TPSA) is 88.1 Å². The lowest BCUT2D eigenvalue weighted by atomic mass is 9.95. The predicted molar refractivity (Wildman–Crippen MR) is 125 cm³/mol. The Bertz CT molecular complexity index is 958. The Labute approximate surface area is 198 Å². The molecule has 1 aromatic carbocycles. The highest BCUT2D eigenvalue weighted by molar-refractivity contribution is 7.08. The van der Waals surface area contributed by atoms with Gasteiger partial charge in [-0.1, -0.05) is 24.3 Å². The van der Waals surface area contributed by atoms with Crippen molar-refractivity contribution in [3.05, 3.63) is 69.6 Å². The van der Waals surface area contributed by atoms with Crippen molar-refractivity contribution in [2.45, 2.75) is 51.1 Å². The molecular formula is C25H30N2O5S. The van der Waals surface area contributed by atoms with Crippen molar-refractivity contribution in [3.8, 4) is 0 Å². The number of benzene rings is 1. The van der Waals surface area contributed by atoms with Crippen molar-refractivity contribution in [3.63, 3.8) is 0 Å². The Morgan fingerprint density at radius 1 is 1.24 bits per heavy atom. The summed E-state index contributed by atoms with van der Waals surface area (Å²) in [4.78, 5) is 26.4. The smallest absolute Gasteiger partial charge is 0.286 e. The number of amides is 2. The van der Waals surface area contributed by atoms with E-state index < -0.39 is 6.29 Å². The van der Waals surface area contributed by atoms with E-state index in [0.717, 1.165) is 29.7 Å². The Morgan fingerprint density at radius 2 is 2.06 bits per heavy atom. The summed E-state index contributed by atoms with van der Waals surface area (Å²) in [6.07, 6.45) is 4.21. The molecule has 2 aliphatic rings. The highest BCUT2D eigenvalue weighted by Crippen LogP contribution is 2.33. The minimum Gasteiger partial charge on any atom is -0.459 e. The second-order valence-corrected chi connectivity index (χ2v) is 9.14. The molecule has 176 valence electrons. The van der Waals surface area contributed by atoms with E-state index in [1.54, 1.807) is 11.3 Å². The van der Waals surface area contributed by atoms with Gasteiger partial charge in [-0.2, -0.15) is 11.3 Å². The quantitative estimate of drug-likeness (QED) is 0.520. The number of aliphatic hydroxyl groups is 1. The highest BCUT2D eigenvalue weighted by atomic mass is 32.1. The average molecular weight is 471 g/mol. The van der Waals surface area contributed by atoms with Crippen LogP contribution in [0.5, 0.6) is 0 Å². The van der Waals surface area contributed by atoms with Crippen molar-refractivity contribution in [1.82, 2.24) is 10.2 Å². The summed E-state index contributed by atoms with van der Waals surface area (Å²) in [5, 5.41) is 16.2. The minimum absolute atomic E-state index is 0.00675. The number of nitrogens with zero attached hydrogens (tertiary/aromatic N) is 1. The molecule has 8 heteroatoms. The van der Waals surface area contributed by atoms with Crippen LogP contribution < -0.4 is 5.32 Å². The minimum atomic E-state index is -0.541. The van der Waals surface area contributed by atoms with Gasteiger partial charge in [0.1, 0.15) is 0 Å². The van der Waals surface area contributed by atoms with Crippen molar-refractivity contribution in [1.29, 1.82) is 0 Å². The first-order chi connectivity index (χ1) is 16.1. The molecule has 2 aliphatic heterocycles. The summed E-state index contributed by atoms with van der Waals surface area (Å²) in [5.41, 5.74) is 2.96. The van der Waals surface area contributed by atoms with Crippen LogP contribution in [0.15, 0.2) is 52.9 Å². The number of rotatable bonds is 10. The summed E-state index contributed by atoms with van der Waals surface area (Å²) in [6, 6.07) is 9.62. The summed E-state index contributed by atoms with van der Waals surface area (Å²) in [7, 11) is 0. The first-order valence-corrected chi connectivity index (χ1v) is 12.3. The van der Waals surface area contributed by atoms with Gasteiger partial charge in [0, 0.05) is 38.4 Å². The van der Waals surface area contributed by atoms with E-state index in [1.165, 1.54) is 0 Å². The van der Waals surface area contributed by atoms with Crippen LogP contribution in [0.4, 0.5) is 0 Å². The fourth-order valence-electron chi connectivity index (χ4n) is 4.07. The molecular weight excluding hydrogens is 440 g/mol. The van der Waals surface area contributed by atoms with E-state index in [0.29, 0.717) is 39.0 Å². The number of ether oxygens (including phenoxy) is 2. The molecule has 0 radical (unpaired) electrons. The average Bonchev–Trinajstić information content (AvgIpc) is 3.53. The van der Waals surface area contributed by atoms with Crippen LogP contribution in [0.3, 0.4) is 0 Å². The van der Waals surface area contributed by atoms with Gasteiger partial charge in [-0.05, 0) is 52.4 Å². The van der Waals surface area contributed by atoms with Crippen LogP contribution in [0.1, 0.15) is 48.3 Å². The van der Waals surface area contributed by atoms with Crippen molar-refractivity contribution < 1.29 is 24.2 Å². The first-order valence-electron chi connectivity index (χ1n) is 11.4. The zero-order valence-electron chi connectivity index (χ0n) is 18.6. The number of nitrogens with one attached hydrogen (secondary N) is 1. The molecule has 2 atom stereocenters. The fourth-order valence-corrected chi connectivity index (χ4v) is 4.79. The maximum atomic E-state index is 12.8.